The Labute approximate surface area is 81.8 Å². The molecule has 70 valence electrons. The number of aliphatic hydroxyl groups is 1. The van der Waals surface area contributed by atoms with E-state index in [1.165, 1.54) is 6.08 Å². The van der Waals surface area contributed by atoms with E-state index < -0.39 is 6.10 Å². The van der Waals surface area contributed by atoms with Crippen molar-refractivity contribution in [3.05, 3.63) is 48.8 Å². The highest BCUT2D eigenvalue weighted by atomic mass is 16.3. The lowest BCUT2D eigenvalue weighted by Crippen LogP contribution is -1.98. The van der Waals surface area contributed by atoms with E-state index in [0.29, 0.717) is 5.69 Å². The van der Waals surface area contributed by atoms with Gasteiger partial charge in [0.2, 0.25) is 0 Å². The number of fused-ring (bicyclic) bond motifs is 1. The Morgan fingerprint density at radius 2 is 2.00 bits per heavy atom. The summed E-state index contributed by atoms with van der Waals surface area (Å²) in [6.45, 7) is 3.50. The zero-order chi connectivity index (χ0) is 9.97. The molecule has 0 saturated carbocycles. The Morgan fingerprint density at radius 3 is 2.71 bits per heavy atom. The molecule has 1 aromatic carbocycles. The summed E-state index contributed by atoms with van der Waals surface area (Å²) in [4.78, 5) is 8.44. The minimum absolute atomic E-state index is 0.527. The van der Waals surface area contributed by atoms with E-state index in [1.807, 2.05) is 24.3 Å². The van der Waals surface area contributed by atoms with E-state index in [1.54, 1.807) is 6.20 Å². The minimum Gasteiger partial charge on any atom is -0.383 e. The minimum atomic E-state index is -0.743. The number of benzene rings is 1. The van der Waals surface area contributed by atoms with E-state index >= 15 is 0 Å². The Kier molecular flexibility index (Phi) is 2.24. The molecule has 14 heavy (non-hydrogen) atoms. The molecule has 2 rings (SSSR count). The van der Waals surface area contributed by atoms with Crippen LogP contribution < -0.4 is 0 Å². The van der Waals surface area contributed by atoms with Crippen LogP contribution in [0.4, 0.5) is 0 Å². The lowest BCUT2D eigenvalue weighted by Gasteiger charge is -2.04. The number of hydrogen-bond acceptors (Lipinski definition) is 3. The SMILES string of the molecule is C=CC(O)c1cnc2ccccc2n1. The summed E-state index contributed by atoms with van der Waals surface area (Å²) < 4.78 is 0. The lowest BCUT2D eigenvalue weighted by molar-refractivity contribution is 0.224. The Balaban J connectivity index is 2.56. The maximum Gasteiger partial charge on any atom is 0.115 e. The lowest BCUT2D eigenvalue weighted by atomic mass is 10.2. The van der Waals surface area contributed by atoms with Crippen LogP contribution in [0.1, 0.15) is 11.8 Å². The van der Waals surface area contributed by atoms with Crippen molar-refractivity contribution in [1.29, 1.82) is 0 Å². The highest BCUT2D eigenvalue weighted by Crippen LogP contribution is 2.14. The first-order chi connectivity index (χ1) is 6.81. The van der Waals surface area contributed by atoms with Crippen molar-refractivity contribution in [2.45, 2.75) is 6.10 Å². The first-order valence-corrected chi connectivity index (χ1v) is 4.33. The smallest absolute Gasteiger partial charge is 0.115 e. The molecule has 0 aliphatic rings. The van der Waals surface area contributed by atoms with Crippen LogP contribution in [0.2, 0.25) is 0 Å². The Hall–Kier alpha value is -1.74. The van der Waals surface area contributed by atoms with Crippen molar-refractivity contribution in [2.24, 2.45) is 0 Å². The van der Waals surface area contributed by atoms with E-state index in [2.05, 4.69) is 16.5 Å². The van der Waals surface area contributed by atoms with Gasteiger partial charge in [-0.1, -0.05) is 18.2 Å². The highest BCUT2D eigenvalue weighted by Gasteiger charge is 2.05. The van der Waals surface area contributed by atoms with Crippen molar-refractivity contribution in [2.75, 3.05) is 0 Å². The van der Waals surface area contributed by atoms with Crippen LogP contribution >= 0.6 is 0 Å². The fourth-order valence-corrected chi connectivity index (χ4v) is 1.23. The monoisotopic (exact) mass is 186 g/mol. The first-order valence-electron chi connectivity index (χ1n) is 4.33. The number of para-hydroxylation sites is 2. The second-order valence-corrected chi connectivity index (χ2v) is 2.96. The van der Waals surface area contributed by atoms with Gasteiger partial charge in [-0.05, 0) is 12.1 Å². The largest absolute Gasteiger partial charge is 0.383 e. The van der Waals surface area contributed by atoms with Crippen LogP contribution in [-0.4, -0.2) is 15.1 Å². The van der Waals surface area contributed by atoms with Gasteiger partial charge in [-0.15, -0.1) is 6.58 Å². The van der Waals surface area contributed by atoms with Gasteiger partial charge < -0.3 is 5.11 Å². The van der Waals surface area contributed by atoms with E-state index in [-0.39, 0.29) is 0 Å². The van der Waals surface area contributed by atoms with Crippen LogP contribution in [0.15, 0.2) is 43.1 Å². The van der Waals surface area contributed by atoms with E-state index in [9.17, 15) is 5.11 Å². The predicted octanol–water partition coefficient (Wildman–Crippen LogP) is 1.85. The Bertz CT molecular complexity index is 468. The number of aromatic nitrogens is 2. The molecule has 0 bridgehead atoms. The van der Waals surface area contributed by atoms with Crippen molar-refractivity contribution < 1.29 is 5.11 Å². The summed E-state index contributed by atoms with van der Waals surface area (Å²) in [5.74, 6) is 0. The third-order valence-electron chi connectivity index (χ3n) is 1.99. The predicted molar refractivity (Wildman–Crippen MR) is 54.7 cm³/mol. The molecule has 1 atom stereocenters. The van der Waals surface area contributed by atoms with Gasteiger partial charge in [0.1, 0.15) is 6.10 Å². The van der Waals surface area contributed by atoms with E-state index in [0.717, 1.165) is 11.0 Å². The summed E-state index contributed by atoms with van der Waals surface area (Å²) in [6.07, 6.45) is 2.25. The fourth-order valence-electron chi connectivity index (χ4n) is 1.23. The highest BCUT2D eigenvalue weighted by molar-refractivity contribution is 5.73. The van der Waals surface area contributed by atoms with Gasteiger partial charge in [-0.3, -0.25) is 4.98 Å². The number of hydrogen-bond donors (Lipinski definition) is 1. The van der Waals surface area contributed by atoms with Gasteiger partial charge in [0, 0.05) is 0 Å². The molecule has 1 unspecified atom stereocenters. The second kappa shape index (κ2) is 3.55. The van der Waals surface area contributed by atoms with Crippen molar-refractivity contribution in [1.82, 2.24) is 9.97 Å². The standard InChI is InChI=1S/C11H10N2O/c1-2-11(14)10-7-12-8-5-3-4-6-9(8)13-10/h2-7,11,14H,1H2. The molecule has 0 saturated heterocycles. The number of aliphatic hydroxyl groups excluding tert-OH is 1. The topological polar surface area (TPSA) is 46.0 Å². The molecule has 2 aromatic rings. The van der Waals surface area contributed by atoms with Gasteiger partial charge in [0.25, 0.3) is 0 Å². The Morgan fingerprint density at radius 1 is 1.29 bits per heavy atom. The van der Waals surface area contributed by atoms with Gasteiger partial charge in [-0.25, -0.2) is 4.98 Å². The molecule has 0 aliphatic carbocycles. The summed E-state index contributed by atoms with van der Waals surface area (Å²) in [6, 6.07) is 7.54. The molecular weight excluding hydrogens is 176 g/mol. The maximum absolute atomic E-state index is 9.47. The molecule has 0 aliphatic heterocycles. The molecule has 0 spiro atoms. The normalized spacial score (nSPS) is 12.6. The van der Waals surface area contributed by atoms with Crippen LogP contribution in [0.5, 0.6) is 0 Å². The molecular formula is C11H10N2O. The van der Waals surface area contributed by atoms with Crippen LogP contribution in [0.3, 0.4) is 0 Å². The van der Waals surface area contributed by atoms with Crippen molar-refractivity contribution >= 4 is 11.0 Å². The molecule has 0 radical (unpaired) electrons. The first kappa shape index (κ1) is 8.84. The third-order valence-corrected chi connectivity index (χ3v) is 1.99. The molecule has 1 aromatic heterocycles. The zero-order valence-electron chi connectivity index (χ0n) is 7.59. The van der Waals surface area contributed by atoms with Gasteiger partial charge in [-0.2, -0.15) is 0 Å². The number of rotatable bonds is 2. The maximum atomic E-state index is 9.47. The summed E-state index contributed by atoms with van der Waals surface area (Å²) >= 11 is 0. The second-order valence-electron chi connectivity index (χ2n) is 2.96. The fraction of sp³-hybridized carbons (Fsp3) is 0.0909. The summed E-state index contributed by atoms with van der Waals surface area (Å²) in [5, 5.41) is 9.47. The quantitative estimate of drug-likeness (QED) is 0.728. The molecule has 1 N–H and O–H groups in total. The van der Waals surface area contributed by atoms with Crippen LogP contribution in [0, 0.1) is 0 Å². The van der Waals surface area contributed by atoms with Crippen LogP contribution in [0.25, 0.3) is 11.0 Å². The van der Waals surface area contributed by atoms with Crippen LogP contribution in [-0.2, 0) is 0 Å². The zero-order valence-corrected chi connectivity index (χ0v) is 7.59. The van der Waals surface area contributed by atoms with Gasteiger partial charge in [0.05, 0.1) is 22.9 Å². The molecule has 0 amide bonds. The summed E-state index contributed by atoms with van der Waals surface area (Å²) in [5.41, 5.74) is 2.14. The molecule has 0 fully saturated rings. The third kappa shape index (κ3) is 1.49. The molecule has 3 heteroatoms. The van der Waals surface area contributed by atoms with Gasteiger partial charge >= 0.3 is 0 Å². The number of nitrogens with zero attached hydrogens (tertiary/aromatic N) is 2. The molecule has 3 nitrogen and oxygen atoms in total. The van der Waals surface area contributed by atoms with Gasteiger partial charge in [0.15, 0.2) is 0 Å². The van der Waals surface area contributed by atoms with E-state index in [4.69, 9.17) is 0 Å². The van der Waals surface area contributed by atoms with Crippen molar-refractivity contribution in [3.8, 4) is 0 Å². The molecule has 1 heterocycles. The average Bonchev–Trinajstić information content (AvgIpc) is 2.27. The summed E-state index contributed by atoms with van der Waals surface area (Å²) in [7, 11) is 0. The van der Waals surface area contributed by atoms with Crippen molar-refractivity contribution in [3.63, 3.8) is 0 Å². The average molecular weight is 186 g/mol.